The fourth-order valence-electron chi connectivity index (χ4n) is 2.08. The lowest BCUT2D eigenvalue weighted by atomic mass is 10.1. The molecular formula is C17H20N2O2. The second kappa shape index (κ2) is 7.45. The van der Waals surface area contributed by atoms with Crippen molar-refractivity contribution in [1.82, 2.24) is 0 Å². The van der Waals surface area contributed by atoms with Gasteiger partial charge in [-0.3, -0.25) is 4.79 Å². The Balaban J connectivity index is 2.16. The molecule has 0 aromatic heterocycles. The van der Waals surface area contributed by atoms with Gasteiger partial charge in [-0.25, -0.2) is 0 Å². The quantitative estimate of drug-likeness (QED) is 0.857. The molecule has 4 nitrogen and oxygen atoms in total. The van der Waals surface area contributed by atoms with E-state index in [9.17, 15) is 4.79 Å². The molecule has 0 saturated carbocycles. The Labute approximate surface area is 124 Å². The molecule has 2 aromatic carbocycles. The first-order valence-corrected chi connectivity index (χ1v) is 7.06. The number of amides is 1. The van der Waals surface area contributed by atoms with Crippen LogP contribution in [0.2, 0.25) is 0 Å². The van der Waals surface area contributed by atoms with E-state index in [4.69, 9.17) is 10.5 Å². The highest BCUT2D eigenvalue weighted by molar-refractivity contribution is 6.05. The number of nitrogens with two attached hydrogens (primary N) is 1. The fraction of sp³-hybridized carbons (Fsp3) is 0.235. The summed E-state index contributed by atoms with van der Waals surface area (Å²) in [6.45, 7) is 3.03. The van der Waals surface area contributed by atoms with Crippen LogP contribution in [-0.2, 0) is 6.42 Å². The number of benzene rings is 2. The third-order valence-electron chi connectivity index (χ3n) is 3.06. The van der Waals surface area contributed by atoms with Crippen molar-refractivity contribution in [2.24, 2.45) is 5.73 Å². The molecule has 0 aliphatic rings. The molecule has 3 N–H and O–H groups in total. The lowest BCUT2D eigenvalue weighted by Gasteiger charge is -2.11. The number of carbonyl (C=O) groups excluding carboxylic acids is 1. The van der Waals surface area contributed by atoms with Gasteiger partial charge in [-0.1, -0.05) is 24.3 Å². The summed E-state index contributed by atoms with van der Waals surface area (Å²) < 4.78 is 5.50. The summed E-state index contributed by atoms with van der Waals surface area (Å²) in [5, 5.41) is 2.89. The third kappa shape index (κ3) is 4.07. The molecule has 0 aliphatic carbocycles. The van der Waals surface area contributed by atoms with Gasteiger partial charge in [-0.15, -0.1) is 0 Å². The van der Waals surface area contributed by atoms with E-state index < -0.39 is 0 Å². The lowest BCUT2D eigenvalue weighted by molar-refractivity contribution is 0.102. The van der Waals surface area contributed by atoms with Crippen molar-refractivity contribution in [2.45, 2.75) is 13.3 Å². The number of rotatable bonds is 6. The van der Waals surface area contributed by atoms with E-state index in [0.717, 1.165) is 12.0 Å². The van der Waals surface area contributed by atoms with Crippen LogP contribution in [0.5, 0.6) is 5.75 Å². The van der Waals surface area contributed by atoms with Crippen LogP contribution in [0.4, 0.5) is 5.69 Å². The predicted molar refractivity (Wildman–Crippen MR) is 84.8 cm³/mol. The van der Waals surface area contributed by atoms with Crippen LogP contribution in [0.1, 0.15) is 22.8 Å². The number of ether oxygens (including phenoxy) is 1. The summed E-state index contributed by atoms with van der Waals surface area (Å²) in [6.07, 6.45) is 0.761. The number of para-hydroxylation sites is 2. The molecule has 0 fully saturated rings. The molecule has 0 heterocycles. The van der Waals surface area contributed by atoms with E-state index in [-0.39, 0.29) is 5.91 Å². The highest BCUT2D eigenvalue weighted by atomic mass is 16.5. The molecule has 1 amide bonds. The van der Waals surface area contributed by atoms with Gasteiger partial charge in [-0.2, -0.15) is 0 Å². The molecule has 2 aromatic rings. The Bertz CT molecular complexity index is 611. The smallest absolute Gasteiger partial charge is 0.255 e. The Morgan fingerprint density at radius 3 is 2.76 bits per heavy atom. The number of nitrogens with one attached hydrogen (secondary N) is 1. The van der Waals surface area contributed by atoms with Crippen LogP contribution in [0, 0.1) is 0 Å². The zero-order valence-electron chi connectivity index (χ0n) is 12.1. The van der Waals surface area contributed by atoms with E-state index in [1.807, 2.05) is 49.4 Å². The van der Waals surface area contributed by atoms with Gasteiger partial charge in [0.2, 0.25) is 0 Å². The average molecular weight is 284 g/mol. The number of carbonyl (C=O) groups is 1. The average Bonchev–Trinajstić information content (AvgIpc) is 2.50. The molecule has 21 heavy (non-hydrogen) atoms. The Kier molecular flexibility index (Phi) is 5.35. The molecule has 0 unspecified atom stereocenters. The van der Waals surface area contributed by atoms with Crippen LogP contribution in [0.15, 0.2) is 48.5 Å². The third-order valence-corrected chi connectivity index (χ3v) is 3.06. The number of hydrogen-bond acceptors (Lipinski definition) is 3. The van der Waals surface area contributed by atoms with Crippen LogP contribution >= 0.6 is 0 Å². The van der Waals surface area contributed by atoms with Crippen LogP contribution in [0.3, 0.4) is 0 Å². The molecule has 0 spiro atoms. The molecule has 0 radical (unpaired) electrons. The monoisotopic (exact) mass is 284 g/mol. The molecular weight excluding hydrogens is 264 g/mol. The first kappa shape index (κ1) is 15.1. The van der Waals surface area contributed by atoms with Crippen molar-refractivity contribution >= 4 is 11.6 Å². The topological polar surface area (TPSA) is 64.3 Å². The minimum Gasteiger partial charge on any atom is -0.492 e. The SMILES string of the molecule is CCOc1ccccc1NC(=O)c1cccc(CCN)c1. The molecule has 2 rings (SSSR count). The second-order valence-corrected chi connectivity index (χ2v) is 4.62. The first-order valence-electron chi connectivity index (χ1n) is 7.06. The van der Waals surface area contributed by atoms with Gasteiger partial charge in [0, 0.05) is 5.56 Å². The summed E-state index contributed by atoms with van der Waals surface area (Å²) in [5.74, 6) is 0.521. The summed E-state index contributed by atoms with van der Waals surface area (Å²) in [5.41, 5.74) is 7.90. The van der Waals surface area contributed by atoms with Gasteiger partial charge in [0.1, 0.15) is 5.75 Å². The Morgan fingerprint density at radius 1 is 1.19 bits per heavy atom. The summed E-state index contributed by atoms with van der Waals surface area (Å²) in [4.78, 5) is 12.3. The van der Waals surface area contributed by atoms with Crippen molar-refractivity contribution in [1.29, 1.82) is 0 Å². The normalized spacial score (nSPS) is 10.2. The Hall–Kier alpha value is -2.33. The van der Waals surface area contributed by atoms with Gasteiger partial charge < -0.3 is 15.8 Å². The molecule has 4 heteroatoms. The van der Waals surface area contributed by atoms with Crippen molar-refractivity contribution in [3.63, 3.8) is 0 Å². The van der Waals surface area contributed by atoms with Gasteiger partial charge >= 0.3 is 0 Å². The second-order valence-electron chi connectivity index (χ2n) is 4.62. The minimum atomic E-state index is -0.152. The molecule has 0 bridgehead atoms. The fourth-order valence-corrected chi connectivity index (χ4v) is 2.08. The Morgan fingerprint density at radius 2 is 2.00 bits per heavy atom. The van der Waals surface area contributed by atoms with Gasteiger partial charge in [0.25, 0.3) is 5.91 Å². The molecule has 110 valence electrons. The van der Waals surface area contributed by atoms with Gasteiger partial charge in [0.05, 0.1) is 12.3 Å². The predicted octanol–water partition coefficient (Wildman–Crippen LogP) is 2.84. The highest BCUT2D eigenvalue weighted by Crippen LogP contribution is 2.24. The minimum absolute atomic E-state index is 0.152. The van der Waals surface area contributed by atoms with Gasteiger partial charge in [-0.05, 0) is 49.7 Å². The zero-order chi connectivity index (χ0) is 15.1. The van der Waals surface area contributed by atoms with E-state index >= 15 is 0 Å². The number of hydrogen-bond donors (Lipinski definition) is 2. The standard InChI is InChI=1S/C17H20N2O2/c1-2-21-16-9-4-3-8-15(16)19-17(20)14-7-5-6-13(12-14)10-11-18/h3-9,12H,2,10-11,18H2,1H3,(H,19,20). The van der Waals surface area contributed by atoms with Crippen molar-refractivity contribution in [2.75, 3.05) is 18.5 Å². The van der Waals surface area contributed by atoms with Crippen LogP contribution in [-0.4, -0.2) is 19.1 Å². The molecule has 0 atom stereocenters. The maximum absolute atomic E-state index is 12.3. The number of anilines is 1. The summed E-state index contributed by atoms with van der Waals surface area (Å²) >= 11 is 0. The first-order chi connectivity index (χ1) is 10.2. The van der Waals surface area contributed by atoms with Crippen LogP contribution < -0.4 is 15.8 Å². The largest absolute Gasteiger partial charge is 0.492 e. The summed E-state index contributed by atoms with van der Waals surface area (Å²) in [6, 6.07) is 14.9. The zero-order valence-corrected chi connectivity index (χ0v) is 12.1. The van der Waals surface area contributed by atoms with E-state index in [1.54, 1.807) is 6.07 Å². The summed E-state index contributed by atoms with van der Waals surface area (Å²) in [7, 11) is 0. The van der Waals surface area contributed by atoms with E-state index in [0.29, 0.717) is 30.2 Å². The van der Waals surface area contributed by atoms with Crippen molar-refractivity contribution in [3.8, 4) is 5.75 Å². The molecule has 0 saturated heterocycles. The van der Waals surface area contributed by atoms with Crippen molar-refractivity contribution < 1.29 is 9.53 Å². The lowest BCUT2D eigenvalue weighted by Crippen LogP contribution is -2.13. The van der Waals surface area contributed by atoms with E-state index in [2.05, 4.69) is 5.32 Å². The molecule has 0 aliphatic heterocycles. The maximum atomic E-state index is 12.3. The van der Waals surface area contributed by atoms with Crippen LogP contribution in [0.25, 0.3) is 0 Å². The van der Waals surface area contributed by atoms with Gasteiger partial charge in [0.15, 0.2) is 0 Å². The maximum Gasteiger partial charge on any atom is 0.255 e. The van der Waals surface area contributed by atoms with E-state index in [1.165, 1.54) is 0 Å². The van der Waals surface area contributed by atoms with Crippen molar-refractivity contribution in [3.05, 3.63) is 59.7 Å². The highest BCUT2D eigenvalue weighted by Gasteiger charge is 2.09.